The van der Waals surface area contributed by atoms with Crippen molar-refractivity contribution in [2.45, 2.75) is 6.54 Å². The summed E-state index contributed by atoms with van der Waals surface area (Å²) in [5.41, 5.74) is 0.525. The average molecular weight is 391 g/mol. The number of benzene rings is 2. The second kappa shape index (κ2) is 8.30. The number of hydrogen-bond acceptors (Lipinski definition) is 5. The summed E-state index contributed by atoms with van der Waals surface area (Å²) in [4.78, 5) is 26.7. The van der Waals surface area contributed by atoms with Crippen LogP contribution in [0.3, 0.4) is 0 Å². The van der Waals surface area contributed by atoms with Gasteiger partial charge in [0.05, 0.1) is 18.1 Å². The number of halogens is 2. The molecule has 1 heterocycles. The van der Waals surface area contributed by atoms with E-state index in [1.54, 1.807) is 6.07 Å². The molecule has 0 N–H and O–H groups in total. The molecule has 1 aliphatic rings. The van der Waals surface area contributed by atoms with Crippen LogP contribution in [-0.2, 0) is 11.3 Å². The quantitative estimate of drug-likeness (QED) is 0.579. The normalized spacial score (nSPS) is 14.0. The van der Waals surface area contributed by atoms with Gasteiger partial charge in [0.15, 0.2) is 0 Å². The molecule has 0 aliphatic carbocycles. The molecule has 0 saturated carbocycles. The third-order valence-corrected chi connectivity index (χ3v) is 4.54. The molecule has 2 aromatic carbocycles. The Morgan fingerprint density at radius 2 is 1.93 bits per heavy atom. The Morgan fingerprint density at radius 3 is 2.57 bits per heavy atom. The Labute approximate surface area is 160 Å². The average Bonchev–Trinajstić information content (AvgIpc) is 2.69. The number of nitro benzene ring substituents is 1. The summed E-state index contributed by atoms with van der Waals surface area (Å²) in [6.45, 7) is 1.91. The largest absolute Gasteiger partial charge is 0.378 e. The maximum atomic E-state index is 13.8. The molecule has 148 valence electrons. The molecule has 0 spiro atoms. The first kappa shape index (κ1) is 19.7. The second-order valence-corrected chi connectivity index (χ2v) is 6.46. The van der Waals surface area contributed by atoms with E-state index in [9.17, 15) is 23.7 Å². The van der Waals surface area contributed by atoms with Crippen LogP contribution in [0.15, 0.2) is 36.4 Å². The van der Waals surface area contributed by atoms with Crippen LogP contribution >= 0.6 is 0 Å². The smallest absolute Gasteiger partial charge is 0.293 e. The lowest BCUT2D eigenvalue weighted by atomic mass is 10.1. The van der Waals surface area contributed by atoms with Gasteiger partial charge in [-0.2, -0.15) is 0 Å². The van der Waals surface area contributed by atoms with Crippen LogP contribution < -0.4 is 4.90 Å². The zero-order valence-corrected chi connectivity index (χ0v) is 15.2. The Morgan fingerprint density at radius 1 is 1.21 bits per heavy atom. The summed E-state index contributed by atoms with van der Waals surface area (Å²) < 4.78 is 32.1. The molecule has 9 heteroatoms. The van der Waals surface area contributed by atoms with Crippen LogP contribution in [0.25, 0.3) is 0 Å². The van der Waals surface area contributed by atoms with Crippen LogP contribution in [0.5, 0.6) is 0 Å². The highest BCUT2D eigenvalue weighted by Crippen LogP contribution is 2.30. The predicted octanol–water partition coefficient (Wildman–Crippen LogP) is 2.98. The zero-order valence-electron chi connectivity index (χ0n) is 15.2. The SMILES string of the molecule is CN(Cc1ccc(F)cc1F)C(=O)c1ccc(N2CCOCC2)c([N+](=O)[O-])c1. The summed E-state index contributed by atoms with van der Waals surface area (Å²) >= 11 is 0. The fraction of sp³-hybridized carbons (Fsp3) is 0.316. The van der Waals surface area contributed by atoms with E-state index in [0.29, 0.717) is 32.0 Å². The number of amides is 1. The van der Waals surface area contributed by atoms with Gasteiger partial charge >= 0.3 is 0 Å². The summed E-state index contributed by atoms with van der Waals surface area (Å²) in [5.74, 6) is -1.96. The van der Waals surface area contributed by atoms with Crippen molar-refractivity contribution in [3.05, 3.63) is 69.3 Å². The number of carbonyl (C=O) groups is 1. The van der Waals surface area contributed by atoms with Crippen molar-refractivity contribution in [3.63, 3.8) is 0 Å². The van der Waals surface area contributed by atoms with Gasteiger partial charge in [-0.05, 0) is 18.2 Å². The molecule has 1 amide bonds. The number of rotatable bonds is 5. The standard InChI is InChI=1S/C19H19F2N3O4/c1-22(12-14-2-4-15(20)11-16(14)21)19(25)13-3-5-17(18(10-13)24(26)27)23-6-8-28-9-7-23/h2-5,10-11H,6-9,12H2,1H3. The first-order valence-corrected chi connectivity index (χ1v) is 8.67. The fourth-order valence-electron chi connectivity index (χ4n) is 3.07. The van der Waals surface area contributed by atoms with Gasteiger partial charge in [0.2, 0.25) is 0 Å². The van der Waals surface area contributed by atoms with Crippen molar-refractivity contribution in [2.75, 3.05) is 38.3 Å². The Hall–Kier alpha value is -3.07. The number of nitrogens with zero attached hydrogens (tertiary/aromatic N) is 3. The van der Waals surface area contributed by atoms with Gasteiger partial charge in [-0.25, -0.2) is 8.78 Å². The van der Waals surface area contributed by atoms with Gasteiger partial charge in [-0.3, -0.25) is 14.9 Å². The van der Waals surface area contributed by atoms with Crippen molar-refractivity contribution in [1.29, 1.82) is 0 Å². The highest BCUT2D eigenvalue weighted by Gasteiger charge is 2.24. The molecule has 0 unspecified atom stereocenters. The lowest BCUT2D eigenvalue weighted by Gasteiger charge is -2.28. The first-order chi connectivity index (χ1) is 13.4. The van der Waals surface area contributed by atoms with Gasteiger partial charge in [0.25, 0.3) is 11.6 Å². The van der Waals surface area contributed by atoms with Crippen LogP contribution in [0.4, 0.5) is 20.2 Å². The molecule has 7 nitrogen and oxygen atoms in total. The summed E-state index contributed by atoms with van der Waals surface area (Å²) in [7, 11) is 1.45. The van der Waals surface area contributed by atoms with Crippen LogP contribution in [0.1, 0.15) is 15.9 Å². The first-order valence-electron chi connectivity index (χ1n) is 8.67. The van der Waals surface area contributed by atoms with Gasteiger partial charge < -0.3 is 14.5 Å². The molecule has 28 heavy (non-hydrogen) atoms. The molecule has 2 aromatic rings. The number of morpholine rings is 1. The Balaban J connectivity index is 1.82. The van der Waals surface area contributed by atoms with E-state index in [0.717, 1.165) is 12.1 Å². The molecule has 0 radical (unpaired) electrons. The number of nitro groups is 1. The number of carbonyl (C=O) groups excluding carboxylic acids is 1. The van der Waals surface area contributed by atoms with Crippen molar-refractivity contribution in [1.82, 2.24) is 4.90 Å². The van der Waals surface area contributed by atoms with Crippen LogP contribution in [0.2, 0.25) is 0 Å². The highest BCUT2D eigenvalue weighted by molar-refractivity contribution is 5.95. The molecule has 3 rings (SSSR count). The van der Waals surface area contributed by atoms with Gasteiger partial charge in [-0.15, -0.1) is 0 Å². The fourth-order valence-corrected chi connectivity index (χ4v) is 3.07. The maximum Gasteiger partial charge on any atom is 0.293 e. The minimum Gasteiger partial charge on any atom is -0.378 e. The molecule has 0 atom stereocenters. The minimum absolute atomic E-state index is 0.0933. The van der Waals surface area contributed by atoms with E-state index in [1.807, 2.05) is 4.90 Å². The monoisotopic (exact) mass is 391 g/mol. The molecule has 0 aromatic heterocycles. The third kappa shape index (κ3) is 4.25. The summed E-state index contributed by atoms with van der Waals surface area (Å²) in [5, 5.41) is 11.5. The van der Waals surface area contributed by atoms with Gasteiger partial charge in [-0.1, -0.05) is 6.07 Å². The zero-order chi connectivity index (χ0) is 20.3. The second-order valence-electron chi connectivity index (χ2n) is 6.46. The summed E-state index contributed by atoms with van der Waals surface area (Å²) in [6, 6.07) is 7.40. The number of anilines is 1. The highest BCUT2D eigenvalue weighted by atomic mass is 19.1. The number of hydrogen-bond donors (Lipinski definition) is 0. The minimum atomic E-state index is -0.756. The lowest BCUT2D eigenvalue weighted by molar-refractivity contribution is -0.384. The molecular weight excluding hydrogens is 372 g/mol. The predicted molar refractivity (Wildman–Crippen MR) is 98.3 cm³/mol. The van der Waals surface area contributed by atoms with Gasteiger partial charge in [0.1, 0.15) is 17.3 Å². The van der Waals surface area contributed by atoms with E-state index in [1.165, 1.54) is 30.1 Å². The number of ether oxygens (including phenoxy) is 1. The van der Waals surface area contributed by atoms with E-state index in [-0.39, 0.29) is 23.4 Å². The van der Waals surface area contributed by atoms with E-state index < -0.39 is 22.5 Å². The maximum absolute atomic E-state index is 13.8. The Kier molecular flexibility index (Phi) is 5.84. The molecule has 1 aliphatic heterocycles. The van der Waals surface area contributed by atoms with Crippen LogP contribution in [-0.4, -0.2) is 49.1 Å². The van der Waals surface area contributed by atoms with Crippen molar-refractivity contribution in [3.8, 4) is 0 Å². The third-order valence-electron chi connectivity index (χ3n) is 4.54. The van der Waals surface area contributed by atoms with Crippen LogP contribution in [0, 0.1) is 21.7 Å². The van der Waals surface area contributed by atoms with Crippen molar-refractivity contribution < 1.29 is 23.2 Å². The Bertz CT molecular complexity index is 901. The van der Waals surface area contributed by atoms with Crippen molar-refractivity contribution >= 4 is 17.3 Å². The molecular formula is C19H19F2N3O4. The molecule has 0 bridgehead atoms. The topological polar surface area (TPSA) is 75.9 Å². The molecule has 1 fully saturated rings. The summed E-state index contributed by atoms with van der Waals surface area (Å²) in [6.07, 6.45) is 0. The molecule has 1 saturated heterocycles. The van der Waals surface area contributed by atoms with E-state index in [4.69, 9.17) is 4.74 Å². The van der Waals surface area contributed by atoms with Crippen molar-refractivity contribution in [2.24, 2.45) is 0 Å². The lowest BCUT2D eigenvalue weighted by Crippen LogP contribution is -2.36. The van der Waals surface area contributed by atoms with E-state index in [2.05, 4.69) is 0 Å². The van der Waals surface area contributed by atoms with Gasteiger partial charge in [0, 0.05) is 49.9 Å². The van der Waals surface area contributed by atoms with E-state index >= 15 is 0 Å².